The van der Waals surface area contributed by atoms with Crippen molar-refractivity contribution in [3.63, 3.8) is 0 Å². The summed E-state index contributed by atoms with van der Waals surface area (Å²) in [7, 11) is 3.83. The van der Waals surface area contributed by atoms with E-state index < -0.39 is 0 Å². The van der Waals surface area contributed by atoms with Gasteiger partial charge in [0.1, 0.15) is 11.9 Å². The van der Waals surface area contributed by atoms with E-state index in [-0.39, 0.29) is 41.7 Å². The Morgan fingerprint density at radius 1 is 1.10 bits per heavy atom. The van der Waals surface area contributed by atoms with Crippen LogP contribution in [-0.2, 0) is 20.7 Å². The quantitative estimate of drug-likeness (QED) is 0.295. The van der Waals surface area contributed by atoms with Crippen molar-refractivity contribution in [2.45, 2.75) is 97.1 Å². The summed E-state index contributed by atoms with van der Waals surface area (Å²) < 4.78 is 23.0. The van der Waals surface area contributed by atoms with E-state index in [1.807, 2.05) is 0 Å². The molecular formula is C35H47NO6. The predicted octanol–water partition coefficient (Wildman–Crippen LogP) is 6.42. The van der Waals surface area contributed by atoms with Crippen LogP contribution in [0.25, 0.3) is 0 Å². The molecule has 7 rings (SSSR count). The fourth-order valence-electron chi connectivity index (χ4n) is 10.6. The van der Waals surface area contributed by atoms with E-state index >= 15 is 0 Å². The average molecular weight is 578 g/mol. The smallest absolute Gasteiger partial charge is 0.302 e. The number of ether oxygens (including phenoxy) is 4. The Morgan fingerprint density at radius 3 is 2.71 bits per heavy atom. The zero-order valence-electron chi connectivity index (χ0n) is 26.0. The van der Waals surface area contributed by atoms with E-state index in [2.05, 4.69) is 37.9 Å². The largest absolute Gasteiger partial charge is 0.492 e. The van der Waals surface area contributed by atoms with E-state index in [0.29, 0.717) is 35.7 Å². The maximum Gasteiger partial charge on any atom is 0.302 e. The topological polar surface area (TPSA) is 74.3 Å². The van der Waals surface area contributed by atoms with Crippen LogP contribution in [0, 0.1) is 34.5 Å². The van der Waals surface area contributed by atoms with Crippen molar-refractivity contribution in [2.75, 3.05) is 27.5 Å². The number of carbonyl (C=O) groups is 2. The molecule has 6 aliphatic rings. The molecule has 3 saturated carbocycles. The summed E-state index contributed by atoms with van der Waals surface area (Å²) in [6.45, 7) is 7.57. The molecule has 7 nitrogen and oxygen atoms in total. The number of benzene rings is 1. The van der Waals surface area contributed by atoms with Crippen LogP contribution in [0.1, 0.15) is 95.7 Å². The lowest BCUT2D eigenvalue weighted by Gasteiger charge is -2.58. The number of carbonyl (C=O) groups excluding carboxylic acids is 2. The van der Waals surface area contributed by atoms with Crippen LogP contribution in [0.4, 0.5) is 0 Å². The third kappa shape index (κ3) is 4.23. The van der Waals surface area contributed by atoms with Gasteiger partial charge < -0.3 is 18.9 Å². The van der Waals surface area contributed by atoms with Crippen molar-refractivity contribution < 1.29 is 28.5 Å². The number of allylic oxidation sites excluding steroid dienone is 1. The molecule has 1 aromatic rings. The number of Topliss-reactive ketones (excluding diaryl/α,β-unsaturated/α-hetero) is 1. The first-order valence-corrected chi connectivity index (χ1v) is 16.2. The molecule has 2 aliphatic heterocycles. The molecule has 2 heterocycles. The van der Waals surface area contributed by atoms with Crippen molar-refractivity contribution in [1.29, 1.82) is 0 Å². The highest BCUT2D eigenvalue weighted by Crippen LogP contribution is 2.66. The Kier molecular flexibility index (Phi) is 6.91. The van der Waals surface area contributed by atoms with Gasteiger partial charge in [0, 0.05) is 43.8 Å². The molecular weight excluding hydrogens is 530 g/mol. The zero-order valence-corrected chi connectivity index (χ0v) is 26.0. The second-order valence-corrected chi connectivity index (χ2v) is 14.5. The molecule has 3 fully saturated rings. The SMILES string of the molecule is COc1c2c(cc3c1[C@H](CC(=O)[C@@H]1CC[C@@H]4[C@@H]5CC=C6C[C@H](OC(C)=O)CC[C@]6(C)[C@H]5CC[C@@]41C)N(C)CC3)OCO2. The maximum absolute atomic E-state index is 14.4. The van der Waals surface area contributed by atoms with Gasteiger partial charge in [0.2, 0.25) is 12.5 Å². The van der Waals surface area contributed by atoms with Crippen LogP contribution < -0.4 is 14.2 Å². The van der Waals surface area contributed by atoms with Gasteiger partial charge in [-0.2, -0.15) is 0 Å². The zero-order chi connectivity index (χ0) is 29.4. The Morgan fingerprint density at radius 2 is 1.93 bits per heavy atom. The van der Waals surface area contributed by atoms with Gasteiger partial charge in [0.05, 0.1) is 7.11 Å². The summed E-state index contributed by atoms with van der Waals surface area (Å²) in [5.41, 5.74) is 4.09. The molecule has 0 saturated heterocycles. The first-order chi connectivity index (χ1) is 20.1. The number of nitrogens with zero attached hydrogens (tertiary/aromatic N) is 1. The van der Waals surface area contributed by atoms with Crippen molar-refractivity contribution >= 4 is 11.8 Å². The molecule has 0 aromatic heterocycles. The molecule has 4 aliphatic carbocycles. The first-order valence-electron chi connectivity index (χ1n) is 16.2. The van der Waals surface area contributed by atoms with Crippen molar-refractivity contribution in [3.05, 3.63) is 28.8 Å². The molecule has 0 radical (unpaired) electrons. The summed E-state index contributed by atoms with van der Waals surface area (Å²) in [6.07, 6.45) is 12.5. The van der Waals surface area contributed by atoms with Gasteiger partial charge in [-0.1, -0.05) is 25.5 Å². The minimum absolute atomic E-state index is 0.0174. The maximum atomic E-state index is 14.4. The summed E-state index contributed by atoms with van der Waals surface area (Å²) in [6, 6.07) is 2.08. The van der Waals surface area contributed by atoms with Crippen LogP contribution >= 0.6 is 0 Å². The lowest BCUT2D eigenvalue weighted by atomic mass is 9.47. The van der Waals surface area contributed by atoms with Gasteiger partial charge in [-0.25, -0.2) is 0 Å². The molecule has 42 heavy (non-hydrogen) atoms. The standard InChI is InChI=1S/C35H47NO6/c1-20(37)42-23-10-13-34(2)22(17-23)6-7-24-25-8-9-27(35(25,3)14-11-26(24)34)29(38)18-28-31-21(12-15-36(28)4)16-30-32(33(31)39-5)41-19-40-30/h6,16,23-28H,7-15,17-19H2,1-5H3/t23-,24+,25-,26+,27+,28+,34+,35+/m1/s1. The number of ketones is 1. The predicted molar refractivity (Wildman–Crippen MR) is 159 cm³/mol. The molecule has 0 amide bonds. The summed E-state index contributed by atoms with van der Waals surface area (Å²) in [4.78, 5) is 28.3. The number of hydrogen-bond donors (Lipinski definition) is 0. The van der Waals surface area contributed by atoms with E-state index in [1.54, 1.807) is 7.11 Å². The highest BCUT2D eigenvalue weighted by Gasteiger charge is 2.60. The Balaban J connectivity index is 1.11. The first kappa shape index (κ1) is 28.2. The van der Waals surface area contributed by atoms with Crippen LogP contribution in [0.3, 0.4) is 0 Å². The van der Waals surface area contributed by atoms with Crippen LogP contribution in [0.15, 0.2) is 17.7 Å². The number of likely N-dealkylation sites (N-methyl/N-ethyl adjacent to an activating group) is 1. The van der Waals surface area contributed by atoms with Crippen molar-refractivity contribution in [3.8, 4) is 17.2 Å². The fourth-order valence-corrected chi connectivity index (χ4v) is 10.6. The van der Waals surface area contributed by atoms with E-state index in [4.69, 9.17) is 18.9 Å². The molecule has 0 spiro atoms. The molecule has 0 bridgehead atoms. The van der Waals surface area contributed by atoms with Gasteiger partial charge >= 0.3 is 5.97 Å². The third-order valence-corrected chi connectivity index (χ3v) is 12.7. The van der Waals surface area contributed by atoms with Crippen LogP contribution in [0.5, 0.6) is 17.2 Å². The van der Waals surface area contributed by atoms with Gasteiger partial charge in [-0.05, 0) is 98.6 Å². The number of hydrogen-bond acceptors (Lipinski definition) is 7. The summed E-state index contributed by atoms with van der Waals surface area (Å²) >= 11 is 0. The molecule has 0 unspecified atom stereocenters. The average Bonchev–Trinajstić information content (AvgIpc) is 3.57. The fraction of sp³-hybridized carbons (Fsp3) is 0.714. The third-order valence-electron chi connectivity index (χ3n) is 12.7. The van der Waals surface area contributed by atoms with Gasteiger partial charge in [-0.3, -0.25) is 14.5 Å². The molecule has 7 heteroatoms. The number of methoxy groups -OCH3 is 1. The molecule has 8 atom stereocenters. The number of esters is 1. The van der Waals surface area contributed by atoms with E-state index in [9.17, 15) is 9.59 Å². The van der Waals surface area contributed by atoms with Crippen LogP contribution in [-0.4, -0.2) is 50.3 Å². The lowest BCUT2D eigenvalue weighted by molar-refractivity contribution is -0.149. The Bertz CT molecular complexity index is 1320. The van der Waals surface area contributed by atoms with Crippen molar-refractivity contribution in [2.24, 2.45) is 34.5 Å². The number of rotatable bonds is 5. The van der Waals surface area contributed by atoms with Gasteiger partial charge in [0.25, 0.3) is 0 Å². The molecule has 1 aromatic carbocycles. The van der Waals surface area contributed by atoms with E-state index in [1.165, 1.54) is 24.5 Å². The summed E-state index contributed by atoms with van der Waals surface area (Å²) in [5, 5.41) is 0. The van der Waals surface area contributed by atoms with Gasteiger partial charge in [0.15, 0.2) is 11.5 Å². The van der Waals surface area contributed by atoms with E-state index in [0.717, 1.165) is 75.0 Å². The summed E-state index contributed by atoms with van der Waals surface area (Å²) in [5.74, 6) is 4.42. The minimum atomic E-state index is -0.166. The van der Waals surface area contributed by atoms with Crippen LogP contribution in [0.2, 0.25) is 0 Å². The van der Waals surface area contributed by atoms with Gasteiger partial charge in [-0.15, -0.1) is 0 Å². The second kappa shape index (κ2) is 10.3. The lowest BCUT2D eigenvalue weighted by Crippen LogP contribution is -2.51. The molecule has 228 valence electrons. The normalized spacial score (nSPS) is 38.5. The molecule has 0 N–H and O–H groups in total. The highest BCUT2D eigenvalue weighted by atomic mass is 16.7. The monoisotopic (exact) mass is 577 g/mol. The van der Waals surface area contributed by atoms with Crippen molar-refractivity contribution in [1.82, 2.24) is 4.90 Å². The highest BCUT2D eigenvalue weighted by molar-refractivity contribution is 5.83. The Hall–Kier alpha value is -2.54. The Labute approximate surface area is 250 Å². The number of fused-ring (bicyclic) bond motifs is 7. The minimum Gasteiger partial charge on any atom is -0.492 e. The second-order valence-electron chi connectivity index (χ2n) is 14.5.